The molecule has 2 aromatic carbocycles. The normalized spacial score (nSPS) is 12.6. The molecule has 0 radical (unpaired) electrons. The van der Waals surface area contributed by atoms with Crippen molar-refractivity contribution >= 4 is 17.6 Å². The zero-order valence-corrected chi connectivity index (χ0v) is 16.4. The second kappa shape index (κ2) is 9.14. The number of guanidine groups is 1. The van der Waals surface area contributed by atoms with E-state index in [9.17, 15) is 9.18 Å². The number of rotatable bonds is 7. The maximum Gasteiger partial charge on any atom is 0.231 e. The number of carbonyl (C=O) groups is 1. The Morgan fingerprint density at radius 1 is 1.24 bits per heavy atom. The Hall–Kier alpha value is -3.48. The second-order valence-corrected chi connectivity index (χ2v) is 6.92. The van der Waals surface area contributed by atoms with Crippen LogP contribution in [0.25, 0.3) is 11.1 Å². The summed E-state index contributed by atoms with van der Waals surface area (Å²) >= 11 is 0. The minimum Gasteiger partial charge on any atom is -0.370 e. The zero-order valence-electron chi connectivity index (χ0n) is 16.4. The average molecular weight is 394 g/mol. The highest BCUT2D eigenvalue weighted by Crippen LogP contribution is 2.28. The molecule has 1 aromatic heterocycles. The summed E-state index contributed by atoms with van der Waals surface area (Å²) in [4.78, 5) is 14.8. The van der Waals surface area contributed by atoms with Crippen LogP contribution in [0, 0.1) is 5.82 Å². The Balaban J connectivity index is 1.66. The van der Waals surface area contributed by atoms with E-state index in [-0.39, 0.29) is 30.0 Å². The lowest BCUT2D eigenvalue weighted by Gasteiger charge is -2.12. The van der Waals surface area contributed by atoms with E-state index in [2.05, 4.69) is 15.5 Å². The van der Waals surface area contributed by atoms with Crippen molar-refractivity contribution in [1.29, 1.82) is 0 Å². The van der Waals surface area contributed by atoms with Crippen molar-refractivity contribution in [3.8, 4) is 11.1 Å². The number of aliphatic imine (C=N–C) groups is 1. The van der Waals surface area contributed by atoms with Crippen LogP contribution in [-0.2, 0) is 11.2 Å². The summed E-state index contributed by atoms with van der Waals surface area (Å²) in [5, 5.41) is 6.76. The van der Waals surface area contributed by atoms with Crippen LogP contribution >= 0.6 is 0 Å². The van der Waals surface area contributed by atoms with E-state index in [4.69, 9.17) is 10.3 Å². The summed E-state index contributed by atoms with van der Waals surface area (Å²) in [6, 6.07) is 16.5. The van der Waals surface area contributed by atoms with Crippen molar-refractivity contribution in [3.05, 3.63) is 71.7 Å². The molecule has 0 amide bonds. The second-order valence-electron chi connectivity index (χ2n) is 6.92. The van der Waals surface area contributed by atoms with Gasteiger partial charge in [0, 0.05) is 11.6 Å². The standard InChI is InChI=1S/C22H23FN4O2/c1-14(10-18-12-21(29-27-18)26-22(24)25-13-15(2)28)17-8-9-19(20(23)11-17)16-6-4-3-5-7-16/h3-9,11-12,14H,10,13H2,1-2H3,(H3,24,25,26). The molecule has 0 spiro atoms. The fourth-order valence-corrected chi connectivity index (χ4v) is 2.95. The highest BCUT2D eigenvalue weighted by molar-refractivity contribution is 5.92. The number of nitrogens with one attached hydrogen (secondary N) is 1. The third-order valence-electron chi connectivity index (χ3n) is 4.44. The van der Waals surface area contributed by atoms with Crippen LogP contribution in [0.15, 0.2) is 64.1 Å². The fourth-order valence-electron chi connectivity index (χ4n) is 2.95. The largest absolute Gasteiger partial charge is 0.370 e. The highest BCUT2D eigenvalue weighted by atomic mass is 19.1. The van der Waals surface area contributed by atoms with Crippen LogP contribution in [0.5, 0.6) is 0 Å². The van der Waals surface area contributed by atoms with Crippen molar-refractivity contribution in [1.82, 2.24) is 5.16 Å². The van der Waals surface area contributed by atoms with Crippen LogP contribution in [0.3, 0.4) is 0 Å². The SMILES string of the molecule is CC(=O)CN=C(N)Nc1cc(CC(C)c2ccc(-c3ccccc3)c(F)c2)no1. The maximum absolute atomic E-state index is 14.6. The number of hydrogen-bond donors (Lipinski definition) is 2. The van der Waals surface area contributed by atoms with E-state index in [0.717, 1.165) is 11.1 Å². The molecule has 6 nitrogen and oxygen atoms in total. The number of hydrogen-bond acceptors (Lipinski definition) is 4. The molecule has 150 valence electrons. The predicted molar refractivity (Wildman–Crippen MR) is 111 cm³/mol. The van der Waals surface area contributed by atoms with E-state index in [1.807, 2.05) is 43.3 Å². The molecule has 0 aliphatic rings. The van der Waals surface area contributed by atoms with E-state index in [0.29, 0.717) is 23.6 Å². The van der Waals surface area contributed by atoms with Gasteiger partial charge < -0.3 is 10.3 Å². The van der Waals surface area contributed by atoms with Crippen LogP contribution in [0.2, 0.25) is 0 Å². The van der Waals surface area contributed by atoms with Gasteiger partial charge in [0.25, 0.3) is 0 Å². The van der Waals surface area contributed by atoms with Gasteiger partial charge in [0.1, 0.15) is 12.4 Å². The van der Waals surface area contributed by atoms with Crippen molar-refractivity contribution in [2.45, 2.75) is 26.2 Å². The van der Waals surface area contributed by atoms with Crippen molar-refractivity contribution < 1.29 is 13.7 Å². The topological polar surface area (TPSA) is 93.5 Å². The quantitative estimate of drug-likeness (QED) is 0.464. The zero-order chi connectivity index (χ0) is 20.8. The van der Waals surface area contributed by atoms with Gasteiger partial charge in [-0.2, -0.15) is 0 Å². The number of anilines is 1. The van der Waals surface area contributed by atoms with E-state index in [1.165, 1.54) is 6.92 Å². The van der Waals surface area contributed by atoms with Crippen LogP contribution in [0.1, 0.15) is 31.0 Å². The number of nitrogens with zero attached hydrogens (tertiary/aromatic N) is 2. The summed E-state index contributed by atoms with van der Waals surface area (Å²) in [5.41, 5.74) is 8.70. The van der Waals surface area contributed by atoms with E-state index < -0.39 is 0 Å². The van der Waals surface area contributed by atoms with Crippen molar-refractivity contribution in [2.75, 3.05) is 11.9 Å². The molecule has 0 aliphatic carbocycles. The first kappa shape index (κ1) is 20.3. The third kappa shape index (κ3) is 5.51. The summed E-state index contributed by atoms with van der Waals surface area (Å²) in [7, 11) is 0. The van der Waals surface area contributed by atoms with Crippen LogP contribution in [-0.4, -0.2) is 23.4 Å². The Morgan fingerprint density at radius 2 is 2.00 bits per heavy atom. The van der Waals surface area contributed by atoms with Gasteiger partial charge in [0.05, 0.1) is 5.69 Å². The van der Waals surface area contributed by atoms with Gasteiger partial charge in [-0.05, 0) is 36.5 Å². The molecule has 0 saturated heterocycles. The molecule has 0 fully saturated rings. The van der Waals surface area contributed by atoms with Crippen molar-refractivity contribution in [3.63, 3.8) is 0 Å². The fraction of sp³-hybridized carbons (Fsp3) is 0.227. The molecule has 0 saturated carbocycles. The smallest absolute Gasteiger partial charge is 0.231 e. The van der Waals surface area contributed by atoms with E-state index >= 15 is 0 Å². The lowest BCUT2D eigenvalue weighted by Crippen LogP contribution is -2.23. The minimum atomic E-state index is -0.252. The molecule has 7 heteroatoms. The summed E-state index contributed by atoms with van der Waals surface area (Å²) < 4.78 is 19.8. The van der Waals surface area contributed by atoms with Gasteiger partial charge in [-0.1, -0.05) is 54.5 Å². The monoisotopic (exact) mass is 394 g/mol. The summed E-state index contributed by atoms with van der Waals surface area (Å²) in [6.45, 7) is 3.43. The predicted octanol–water partition coefficient (Wildman–Crippen LogP) is 4.14. The average Bonchev–Trinajstić information content (AvgIpc) is 3.13. The Labute approximate surface area is 168 Å². The molecule has 0 aliphatic heterocycles. The number of Topliss-reactive ketones (excluding diaryl/α,β-unsaturated/α-hetero) is 1. The summed E-state index contributed by atoms with van der Waals surface area (Å²) in [5.74, 6) is 0.109. The number of nitrogens with two attached hydrogens (primary N) is 1. The van der Waals surface area contributed by atoms with Gasteiger partial charge >= 0.3 is 0 Å². The first-order chi connectivity index (χ1) is 13.9. The maximum atomic E-state index is 14.6. The molecule has 3 aromatic rings. The van der Waals surface area contributed by atoms with Gasteiger partial charge in [0.15, 0.2) is 11.7 Å². The van der Waals surface area contributed by atoms with E-state index in [1.54, 1.807) is 18.2 Å². The lowest BCUT2D eigenvalue weighted by molar-refractivity contribution is -0.115. The lowest BCUT2D eigenvalue weighted by atomic mass is 9.94. The van der Waals surface area contributed by atoms with Gasteiger partial charge in [-0.25, -0.2) is 9.38 Å². The van der Waals surface area contributed by atoms with Gasteiger partial charge in [0.2, 0.25) is 5.88 Å². The third-order valence-corrected chi connectivity index (χ3v) is 4.44. The minimum absolute atomic E-state index is 0.00139. The molecule has 1 unspecified atom stereocenters. The number of benzene rings is 2. The number of halogens is 1. The van der Waals surface area contributed by atoms with Crippen LogP contribution in [0.4, 0.5) is 10.3 Å². The molecule has 3 N–H and O–H groups in total. The van der Waals surface area contributed by atoms with Crippen LogP contribution < -0.4 is 11.1 Å². The molecule has 0 bridgehead atoms. The Morgan fingerprint density at radius 3 is 2.69 bits per heavy atom. The van der Waals surface area contributed by atoms with Crippen molar-refractivity contribution in [2.24, 2.45) is 10.7 Å². The number of ketones is 1. The number of aromatic nitrogens is 1. The number of carbonyl (C=O) groups excluding carboxylic acids is 1. The Bertz CT molecular complexity index is 1010. The molecular formula is C22H23FN4O2. The molecule has 3 rings (SSSR count). The van der Waals surface area contributed by atoms with Gasteiger partial charge in [-0.15, -0.1) is 0 Å². The molecular weight excluding hydrogens is 371 g/mol. The first-order valence-corrected chi connectivity index (χ1v) is 9.29. The Kier molecular flexibility index (Phi) is 6.39. The molecule has 29 heavy (non-hydrogen) atoms. The summed E-state index contributed by atoms with van der Waals surface area (Å²) in [6.07, 6.45) is 0.569. The van der Waals surface area contributed by atoms with Gasteiger partial charge in [-0.3, -0.25) is 10.1 Å². The molecule has 1 atom stereocenters. The first-order valence-electron chi connectivity index (χ1n) is 9.29. The highest BCUT2D eigenvalue weighted by Gasteiger charge is 2.14. The molecule has 1 heterocycles.